The van der Waals surface area contributed by atoms with Crippen molar-refractivity contribution in [1.29, 1.82) is 0 Å². The number of alkyl halides is 3. The van der Waals surface area contributed by atoms with Crippen molar-refractivity contribution in [2.75, 3.05) is 13.2 Å². The molecule has 2 N–H and O–H groups in total. The molecule has 0 saturated carbocycles. The van der Waals surface area contributed by atoms with Gasteiger partial charge in [-0.05, 0) is 19.4 Å². The van der Waals surface area contributed by atoms with E-state index >= 15 is 0 Å². The molecule has 2 heterocycles. The Kier molecular flexibility index (Phi) is 3.56. The van der Waals surface area contributed by atoms with Crippen LogP contribution in [0.1, 0.15) is 19.3 Å². The van der Waals surface area contributed by atoms with E-state index in [9.17, 15) is 13.2 Å². The van der Waals surface area contributed by atoms with E-state index in [2.05, 4.69) is 5.32 Å². The minimum Gasteiger partial charge on any atom is -0.475 e. The van der Waals surface area contributed by atoms with Gasteiger partial charge in [-0.15, -0.1) is 0 Å². The third kappa shape index (κ3) is 3.35. The standard InChI is InChI=1S/C6H11NO.C2HF3O2/c1-2-6(7-4-1)3-5-8-6;3-2(4,5)1(6)7/h7H,1-5H2;(H,6,7). The third-order valence-corrected chi connectivity index (χ3v) is 2.33. The number of carboxylic acids is 1. The van der Waals surface area contributed by atoms with Crippen LogP contribution in [0, 0.1) is 0 Å². The molecular weight excluding hydrogens is 215 g/mol. The van der Waals surface area contributed by atoms with Gasteiger partial charge in [-0.25, -0.2) is 4.79 Å². The van der Waals surface area contributed by atoms with E-state index < -0.39 is 12.1 Å². The van der Waals surface area contributed by atoms with Crippen LogP contribution in [0.5, 0.6) is 0 Å². The number of carboxylic acid groups (broad SMARTS) is 1. The molecule has 2 aliphatic heterocycles. The molecule has 0 aromatic rings. The first-order chi connectivity index (χ1) is 6.86. The van der Waals surface area contributed by atoms with E-state index in [1.165, 1.54) is 19.3 Å². The van der Waals surface area contributed by atoms with Crippen molar-refractivity contribution in [2.45, 2.75) is 31.2 Å². The van der Waals surface area contributed by atoms with E-state index in [1.807, 2.05) is 0 Å². The summed E-state index contributed by atoms with van der Waals surface area (Å²) in [6.45, 7) is 2.12. The van der Waals surface area contributed by atoms with Crippen molar-refractivity contribution in [2.24, 2.45) is 0 Å². The number of nitrogens with one attached hydrogen (secondary N) is 1. The fraction of sp³-hybridized carbons (Fsp3) is 0.875. The smallest absolute Gasteiger partial charge is 0.475 e. The summed E-state index contributed by atoms with van der Waals surface area (Å²) < 4.78 is 37.1. The van der Waals surface area contributed by atoms with Gasteiger partial charge in [-0.2, -0.15) is 13.2 Å². The summed E-state index contributed by atoms with van der Waals surface area (Å²) in [4.78, 5) is 8.90. The molecule has 0 radical (unpaired) electrons. The number of hydrogen-bond donors (Lipinski definition) is 2. The molecular formula is C8H12F3NO3. The maximum Gasteiger partial charge on any atom is 0.490 e. The quantitative estimate of drug-likeness (QED) is 0.651. The Morgan fingerprint density at radius 2 is 1.93 bits per heavy atom. The molecule has 0 aromatic heterocycles. The van der Waals surface area contributed by atoms with Crippen LogP contribution in [0.3, 0.4) is 0 Å². The Bertz CT molecular complexity index is 230. The predicted octanol–water partition coefficient (Wildman–Crippen LogP) is 1.12. The highest BCUT2D eigenvalue weighted by Gasteiger charge is 2.40. The Hall–Kier alpha value is -0.820. The van der Waals surface area contributed by atoms with E-state index in [0.29, 0.717) is 0 Å². The molecule has 2 fully saturated rings. The highest BCUT2D eigenvalue weighted by molar-refractivity contribution is 5.73. The average Bonchev–Trinajstić information content (AvgIpc) is 2.49. The van der Waals surface area contributed by atoms with Gasteiger partial charge in [0.15, 0.2) is 0 Å². The molecule has 1 spiro atoms. The summed E-state index contributed by atoms with van der Waals surface area (Å²) in [5, 5.41) is 10.5. The molecule has 1 atom stereocenters. The Morgan fingerprint density at radius 3 is 2.07 bits per heavy atom. The van der Waals surface area contributed by atoms with Crippen LogP contribution in [0.25, 0.3) is 0 Å². The predicted molar refractivity (Wildman–Crippen MR) is 44.2 cm³/mol. The second-order valence-electron chi connectivity index (χ2n) is 3.43. The maximum absolute atomic E-state index is 10.6. The molecule has 1 unspecified atom stereocenters. The lowest BCUT2D eigenvalue weighted by Gasteiger charge is -2.38. The van der Waals surface area contributed by atoms with Crippen LogP contribution in [0.4, 0.5) is 13.2 Å². The van der Waals surface area contributed by atoms with E-state index in [0.717, 1.165) is 13.2 Å². The summed E-state index contributed by atoms with van der Waals surface area (Å²) in [6.07, 6.45) is -1.33. The Morgan fingerprint density at radius 1 is 1.40 bits per heavy atom. The number of rotatable bonds is 0. The minimum absolute atomic E-state index is 0.167. The van der Waals surface area contributed by atoms with Crippen LogP contribution in [-0.4, -0.2) is 36.1 Å². The summed E-state index contributed by atoms with van der Waals surface area (Å²) in [7, 11) is 0. The first-order valence-corrected chi connectivity index (χ1v) is 4.55. The number of ether oxygens (including phenoxy) is 1. The average molecular weight is 227 g/mol. The fourth-order valence-corrected chi connectivity index (χ4v) is 1.46. The second-order valence-corrected chi connectivity index (χ2v) is 3.43. The van der Waals surface area contributed by atoms with Gasteiger partial charge in [0.1, 0.15) is 5.72 Å². The lowest BCUT2D eigenvalue weighted by atomic mass is 10.0. The van der Waals surface area contributed by atoms with Gasteiger partial charge in [0.05, 0.1) is 6.61 Å². The van der Waals surface area contributed by atoms with Crippen LogP contribution in [0.15, 0.2) is 0 Å². The zero-order valence-corrected chi connectivity index (χ0v) is 7.93. The summed E-state index contributed by atoms with van der Waals surface area (Å²) >= 11 is 0. The van der Waals surface area contributed by atoms with Gasteiger partial charge in [-0.1, -0.05) is 0 Å². The largest absolute Gasteiger partial charge is 0.490 e. The number of halogens is 3. The van der Waals surface area contributed by atoms with Gasteiger partial charge >= 0.3 is 12.1 Å². The maximum atomic E-state index is 10.6. The monoisotopic (exact) mass is 227 g/mol. The van der Waals surface area contributed by atoms with E-state index in [1.54, 1.807) is 0 Å². The lowest BCUT2D eigenvalue weighted by Crippen LogP contribution is -2.51. The van der Waals surface area contributed by atoms with Crippen LogP contribution < -0.4 is 5.32 Å². The topological polar surface area (TPSA) is 58.6 Å². The highest BCUT2D eigenvalue weighted by Crippen LogP contribution is 2.31. The minimum atomic E-state index is -5.08. The van der Waals surface area contributed by atoms with Crippen molar-refractivity contribution in [3.8, 4) is 0 Å². The number of hydrogen-bond acceptors (Lipinski definition) is 3. The first kappa shape index (κ1) is 12.3. The molecule has 7 heteroatoms. The lowest BCUT2D eigenvalue weighted by molar-refractivity contribution is -0.192. The zero-order valence-electron chi connectivity index (χ0n) is 7.93. The second kappa shape index (κ2) is 4.36. The zero-order chi connectivity index (χ0) is 11.5. The summed E-state index contributed by atoms with van der Waals surface area (Å²) in [5.41, 5.74) is 0.167. The molecule has 88 valence electrons. The first-order valence-electron chi connectivity index (χ1n) is 4.55. The van der Waals surface area contributed by atoms with E-state index in [-0.39, 0.29) is 5.72 Å². The number of aliphatic carboxylic acids is 1. The normalized spacial score (nSPS) is 29.3. The van der Waals surface area contributed by atoms with Crippen molar-refractivity contribution in [3.63, 3.8) is 0 Å². The Balaban J connectivity index is 0.000000153. The van der Waals surface area contributed by atoms with Crippen molar-refractivity contribution >= 4 is 5.97 Å². The molecule has 15 heavy (non-hydrogen) atoms. The van der Waals surface area contributed by atoms with Gasteiger partial charge in [0, 0.05) is 6.42 Å². The SMILES string of the molecule is C1CNC2(C1)CCO2.O=C(O)C(F)(F)F. The molecule has 2 rings (SSSR count). The highest BCUT2D eigenvalue weighted by atomic mass is 19.4. The van der Waals surface area contributed by atoms with Crippen molar-refractivity contribution in [1.82, 2.24) is 5.32 Å². The molecule has 2 aliphatic rings. The van der Waals surface area contributed by atoms with Gasteiger partial charge in [0.25, 0.3) is 0 Å². The molecule has 0 aromatic carbocycles. The van der Waals surface area contributed by atoms with Gasteiger partial charge in [0.2, 0.25) is 0 Å². The third-order valence-electron chi connectivity index (χ3n) is 2.33. The van der Waals surface area contributed by atoms with Crippen molar-refractivity contribution < 1.29 is 27.8 Å². The van der Waals surface area contributed by atoms with Crippen LogP contribution in [-0.2, 0) is 9.53 Å². The molecule has 2 saturated heterocycles. The van der Waals surface area contributed by atoms with Crippen molar-refractivity contribution in [3.05, 3.63) is 0 Å². The molecule has 4 nitrogen and oxygen atoms in total. The molecule has 0 aliphatic carbocycles. The van der Waals surface area contributed by atoms with E-state index in [4.69, 9.17) is 14.6 Å². The molecule has 0 amide bonds. The van der Waals surface area contributed by atoms with Crippen LogP contribution >= 0.6 is 0 Å². The summed E-state index contributed by atoms with van der Waals surface area (Å²) in [6, 6.07) is 0. The summed E-state index contributed by atoms with van der Waals surface area (Å²) in [5.74, 6) is -2.76. The Labute approximate surface area is 84.4 Å². The number of carbonyl (C=O) groups is 1. The van der Waals surface area contributed by atoms with Gasteiger partial charge in [-0.3, -0.25) is 5.32 Å². The molecule has 0 bridgehead atoms. The van der Waals surface area contributed by atoms with Crippen LogP contribution in [0.2, 0.25) is 0 Å². The van der Waals surface area contributed by atoms with Gasteiger partial charge < -0.3 is 9.84 Å². The fourth-order valence-electron chi connectivity index (χ4n) is 1.46.